The van der Waals surface area contributed by atoms with Gasteiger partial charge >= 0.3 is 5.97 Å². The average molecular weight is 267 g/mol. The maximum atomic E-state index is 12.0. The Balaban J connectivity index is 5.45. The van der Waals surface area contributed by atoms with E-state index in [4.69, 9.17) is 0 Å². The Kier molecular flexibility index (Phi) is 6.75. The number of imide groups is 1. The van der Waals surface area contributed by atoms with Crippen molar-refractivity contribution in [2.75, 3.05) is 0 Å². The Labute approximate surface area is 113 Å². The monoisotopic (exact) mass is 267 g/mol. The van der Waals surface area contributed by atoms with Crippen molar-refractivity contribution in [3.05, 3.63) is 24.3 Å². The average Bonchev–Trinajstić information content (AvgIpc) is 2.32. The van der Waals surface area contributed by atoms with Crippen LogP contribution in [0.3, 0.4) is 0 Å². The number of aliphatic carboxylic acids is 1. The highest BCUT2D eigenvalue weighted by atomic mass is 16.4. The van der Waals surface area contributed by atoms with Gasteiger partial charge in [0.05, 0.1) is 0 Å². The van der Waals surface area contributed by atoms with Crippen LogP contribution in [0, 0.1) is 0 Å². The first kappa shape index (κ1) is 17.1. The molecular formula is C14H21NO4. The van der Waals surface area contributed by atoms with Crippen LogP contribution >= 0.6 is 0 Å². The normalized spacial score (nSPS) is 11.5. The van der Waals surface area contributed by atoms with Gasteiger partial charge in [0.25, 0.3) is 11.8 Å². The number of unbranched alkanes of at least 4 members (excludes halogenated alkanes) is 1. The number of carboxylic acids is 1. The van der Waals surface area contributed by atoms with Crippen molar-refractivity contribution >= 4 is 17.8 Å². The second-order valence-corrected chi connectivity index (χ2v) is 4.54. The molecule has 2 amide bonds. The highest BCUT2D eigenvalue weighted by molar-refractivity contribution is 6.11. The first-order chi connectivity index (χ1) is 8.73. The largest absolute Gasteiger partial charge is 0.480 e. The van der Waals surface area contributed by atoms with Crippen LogP contribution < -0.4 is 0 Å². The molecule has 0 aliphatic heterocycles. The molecule has 0 aliphatic rings. The summed E-state index contributed by atoms with van der Waals surface area (Å²) in [6, 6.07) is -1.17. The summed E-state index contributed by atoms with van der Waals surface area (Å²) in [5, 5.41) is 9.23. The van der Waals surface area contributed by atoms with Crippen LogP contribution in [-0.2, 0) is 14.4 Å². The van der Waals surface area contributed by atoms with E-state index in [0.29, 0.717) is 6.42 Å². The first-order valence-electron chi connectivity index (χ1n) is 6.15. The third-order valence-corrected chi connectivity index (χ3v) is 2.60. The fraction of sp³-hybridized carbons (Fsp3) is 0.500. The molecule has 0 unspecified atom stereocenters. The van der Waals surface area contributed by atoms with Crippen molar-refractivity contribution in [2.24, 2.45) is 0 Å². The van der Waals surface area contributed by atoms with E-state index in [-0.39, 0.29) is 17.6 Å². The van der Waals surface area contributed by atoms with Gasteiger partial charge in [-0.2, -0.15) is 0 Å². The van der Waals surface area contributed by atoms with E-state index >= 15 is 0 Å². The standard InChI is InChI=1S/C14H21NO4/c1-6-7-8-11(14(18)19)15(12(16)9(2)3)13(17)10(4)5/h11H,2,4,6-8H2,1,3,5H3,(H,18,19)/t11-/m0/s1. The maximum Gasteiger partial charge on any atom is 0.326 e. The van der Waals surface area contributed by atoms with E-state index in [1.54, 1.807) is 0 Å². The molecular weight excluding hydrogens is 246 g/mol. The van der Waals surface area contributed by atoms with Gasteiger partial charge in [0.1, 0.15) is 6.04 Å². The van der Waals surface area contributed by atoms with Crippen molar-refractivity contribution in [1.82, 2.24) is 4.90 Å². The van der Waals surface area contributed by atoms with Crippen LogP contribution in [0.25, 0.3) is 0 Å². The van der Waals surface area contributed by atoms with Gasteiger partial charge in [-0.3, -0.25) is 14.5 Å². The number of rotatable bonds is 7. The second kappa shape index (κ2) is 7.51. The Morgan fingerprint density at radius 2 is 1.53 bits per heavy atom. The van der Waals surface area contributed by atoms with Gasteiger partial charge in [-0.1, -0.05) is 32.9 Å². The summed E-state index contributed by atoms with van der Waals surface area (Å²) in [6.07, 6.45) is 1.62. The van der Waals surface area contributed by atoms with Crippen molar-refractivity contribution in [3.63, 3.8) is 0 Å². The van der Waals surface area contributed by atoms with Crippen LogP contribution in [0.2, 0.25) is 0 Å². The zero-order valence-electron chi connectivity index (χ0n) is 11.7. The van der Waals surface area contributed by atoms with Gasteiger partial charge in [0, 0.05) is 11.1 Å². The first-order valence-corrected chi connectivity index (χ1v) is 6.15. The molecule has 0 saturated carbocycles. The molecule has 1 N–H and O–H groups in total. The van der Waals surface area contributed by atoms with E-state index in [0.717, 1.165) is 11.3 Å². The molecule has 0 aromatic carbocycles. The van der Waals surface area contributed by atoms with Gasteiger partial charge in [-0.05, 0) is 20.3 Å². The van der Waals surface area contributed by atoms with E-state index < -0.39 is 23.8 Å². The van der Waals surface area contributed by atoms with Crippen LogP contribution in [0.4, 0.5) is 0 Å². The van der Waals surface area contributed by atoms with Gasteiger partial charge in [-0.15, -0.1) is 0 Å². The molecule has 0 aromatic rings. The second-order valence-electron chi connectivity index (χ2n) is 4.54. The molecule has 0 aromatic heterocycles. The molecule has 5 heteroatoms. The number of hydrogen-bond acceptors (Lipinski definition) is 3. The molecule has 0 aliphatic carbocycles. The minimum absolute atomic E-state index is 0.123. The summed E-state index contributed by atoms with van der Waals surface area (Å²) in [7, 11) is 0. The molecule has 0 fully saturated rings. The minimum Gasteiger partial charge on any atom is -0.480 e. The SMILES string of the molecule is C=C(C)C(=O)N(C(=O)C(=C)C)[C@@H](CCCC)C(=O)O. The number of hydrogen-bond donors (Lipinski definition) is 1. The van der Waals surface area contributed by atoms with E-state index in [1.807, 2.05) is 6.92 Å². The van der Waals surface area contributed by atoms with Crippen LogP contribution in [0.5, 0.6) is 0 Å². The highest BCUT2D eigenvalue weighted by Crippen LogP contribution is 2.15. The van der Waals surface area contributed by atoms with E-state index in [1.165, 1.54) is 13.8 Å². The predicted molar refractivity (Wildman–Crippen MR) is 72.4 cm³/mol. The molecule has 0 bridgehead atoms. The number of carbonyl (C=O) groups excluding carboxylic acids is 2. The Morgan fingerprint density at radius 3 is 1.79 bits per heavy atom. The summed E-state index contributed by atoms with van der Waals surface area (Å²) >= 11 is 0. The fourth-order valence-corrected chi connectivity index (χ4v) is 1.55. The predicted octanol–water partition coefficient (Wildman–Crippen LogP) is 2.14. The molecule has 0 radical (unpaired) electrons. The number of amides is 2. The van der Waals surface area contributed by atoms with Gasteiger partial charge in [0.15, 0.2) is 0 Å². The topological polar surface area (TPSA) is 74.7 Å². The summed E-state index contributed by atoms with van der Waals surface area (Å²) in [5.74, 6) is -2.54. The van der Waals surface area contributed by atoms with Crippen molar-refractivity contribution in [2.45, 2.75) is 46.1 Å². The third-order valence-electron chi connectivity index (χ3n) is 2.60. The molecule has 106 valence electrons. The third kappa shape index (κ3) is 4.69. The Morgan fingerprint density at radius 1 is 1.11 bits per heavy atom. The van der Waals surface area contributed by atoms with Crippen molar-refractivity contribution in [3.8, 4) is 0 Å². The van der Waals surface area contributed by atoms with Crippen LogP contribution in [0.15, 0.2) is 24.3 Å². The van der Waals surface area contributed by atoms with Crippen molar-refractivity contribution in [1.29, 1.82) is 0 Å². The summed E-state index contributed by atoms with van der Waals surface area (Å²) in [6.45, 7) is 11.7. The zero-order chi connectivity index (χ0) is 15.2. The molecule has 0 rings (SSSR count). The summed E-state index contributed by atoms with van der Waals surface area (Å²) in [5.41, 5.74) is 0.245. The summed E-state index contributed by atoms with van der Waals surface area (Å²) in [4.78, 5) is 36.0. The molecule has 19 heavy (non-hydrogen) atoms. The summed E-state index contributed by atoms with van der Waals surface area (Å²) < 4.78 is 0. The Hall–Kier alpha value is -1.91. The minimum atomic E-state index is -1.20. The van der Waals surface area contributed by atoms with Crippen LogP contribution in [-0.4, -0.2) is 33.8 Å². The smallest absolute Gasteiger partial charge is 0.326 e. The molecule has 0 spiro atoms. The van der Waals surface area contributed by atoms with Crippen LogP contribution in [0.1, 0.15) is 40.0 Å². The number of nitrogens with zero attached hydrogens (tertiary/aromatic N) is 1. The lowest BCUT2D eigenvalue weighted by molar-refractivity contribution is -0.155. The van der Waals surface area contributed by atoms with Gasteiger partial charge in [0.2, 0.25) is 0 Å². The lowest BCUT2D eigenvalue weighted by atomic mass is 10.1. The quantitative estimate of drug-likeness (QED) is 0.717. The fourth-order valence-electron chi connectivity index (χ4n) is 1.55. The lowest BCUT2D eigenvalue weighted by Crippen LogP contribution is -2.49. The molecule has 5 nitrogen and oxygen atoms in total. The Bertz CT molecular complexity index is 386. The molecule has 0 saturated heterocycles. The molecule has 0 heterocycles. The van der Waals surface area contributed by atoms with Gasteiger partial charge in [-0.25, -0.2) is 4.79 Å². The number of carboxylic acid groups (broad SMARTS) is 1. The van der Waals surface area contributed by atoms with Gasteiger partial charge < -0.3 is 5.11 Å². The molecule has 1 atom stereocenters. The van der Waals surface area contributed by atoms with Crippen molar-refractivity contribution < 1.29 is 19.5 Å². The maximum absolute atomic E-state index is 12.0. The highest BCUT2D eigenvalue weighted by Gasteiger charge is 2.34. The number of carbonyl (C=O) groups is 3. The van der Waals surface area contributed by atoms with E-state index in [9.17, 15) is 19.5 Å². The lowest BCUT2D eigenvalue weighted by Gasteiger charge is -2.27. The van der Waals surface area contributed by atoms with E-state index in [2.05, 4.69) is 13.2 Å². The zero-order valence-corrected chi connectivity index (χ0v) is 11.7.